The van der Waals surface area contributed by atoms with Gasteiger partial charge in [0.25, 0.3) is 0 Å². The molecule has 0 spiro atoms. The molecule has 0 atom stereocenters. The van der Waals surface area contributed by atoms with Crippen molar-refractivity contribution in [1.82, 2.24) is 0 Å². The second kappa shape index (κ2) is 5.32. The van der Waals surface area contributed by atoms with Crippen LogP contribution in [0.5, 0.6) is 5.75 Å². The zero-order valence-electron chi connectivity index (χ0n) is 11.3. The van der Waals surface area contributed by atoms with Gasteiger partial charge in [-0.3, -0.25) is 9.59 Å². The number of carbonyl (C=O) groups excluding carboxylic acids is 1. The highest BCUT2D eigenvalue weighted by Gasteiger charge is 2.57. The van der Waals surface area contributed by atoms with E-state index in [1.54, 1.807) is 18.2 Å². The molecule has 2 rings (SSSR count). The smallest absolute Gasteiger partial charge is 0.319 e. The summed E-state index contributed by atoms with van der Waals surface area (Å²) in [5.74, 6) is -1.06. The van der Waals surface area contributed by atoms with Gasteiger partial charge < -0.3 is 15.2 Å². The third-order valence-corrected chi connectivity index (χ3v) is 3.44. The van der Waals surface area contributed by atoms with Crippen LogP contribution in [-0.2, 0) is 9.59 Å². The fourth-order valence-electron chi connectivity index (χ4n) is 1.84. The molecule has 1 aliphatic carbocycles. The zero-order chi connectivity index (χ0) is 14.9. The van der Waals surface area contributed by atoms with E-state index >= 15 is 0 Å². The monoisotopic (exact) mass is 297 g/mol. The highest BCUT2D eigenvalue weighted by Crippen LogP contribution is 2.46. The highest BCUT2D eigenvalue weighted by atomic mass is 35.5. The topological polar surface area (TPSA) is 75.6 Å². The van der Waals surface area contributed by atoms with Crippen molar-refractivity contribution in [2.45, 2.75) is 32.8 Å². The van der Waals surface area contributed by atoms with Crippen LogP contribution in [0, 0.1) is 5.41 Å². The highest BCUT2D eigenvalue weighted by molar-refractivity contribution is 6.32. The van der Waals surface area contributed by atoms with Crippen LogP contribution in [0.4, 0.5) is 5.69 Å². The van der Waals surface area contributed by atoms with E-state index in [2.05, 4.69) is 5.32 Å². The minimum absolute atomic E-state index is 0.00492. The zero-order valence-corrected chi connectivity index (χ0v) is 12.0. The number of carbonyl (C=O) groups is 2. The van der Waals surface area contributed by atoms with E-state index in [1.807, 2.05) is 13.8 Å². The van der Waals surface area contributed by atoms with Gasteiger partial charge in [0, 0.05) is 5.69 Å². The number of halogens is 1. The van der Waals surface area contributed by atoms with Gasteiger partial charge in [-0.15, -0.1) is 0 Å². The van der Waals surface area contributed by atoms with Gasteiger partial charge in [0.05, 0.1) is 11.1 Å². The lowest BCUT2D eigenvalue weighted by Gasteiger charge is -2.14. The SMILES string of the molecule is CC(C)Oc1ccc(NC(=O)C2(C(=O)O)CC2)cc1Cl. The molecule has 2 N–H and O–H groups in total. The maximum Gasteiger partial charge on any atom is 0.319 e. The largest absolute Gasteiger partial charge is 0.489 e. The first-order valence-corrected chi connectivity index (χ1v) is 6.74. The Bertz CT molecular complexity index is 552. The lowest BCUT2D eigenvalue weighted by Crippen LogP contribution is -2.31. The predicted octanol–water partition coefficient (Wildman–Crippen LogP) is 2.93. The van der Waals surface area contributed by atoms with E-state index in [-0.39, 0.29) is 6.10 Å². The number of hydrogen-bond acceptors (Lipinski definition) is 3. The van der Waals surface area contributed by atoms with Crippen molar-refractivity contribution in [2.75, 3.05) is 5.32 Å². The molecule has 1 amide bonds. The number of carboxylic acids is 1. The molecule has 6 heteroatoms. The Hall–Kier alpha value is -1.75. The van der Waals surface area contributed by atoms with E-state index in [0.29, 0.717) is 29.3 Å². The van der Waals surface area contributed by atoms with E-state index in [0.717, 1.165) is 0 Å². The average molecular weight is 298 g/mol. The maximum absolute atomic E-state index is 11.9. The molecule has 0 unspecified atom stereocenters. The molecular weight excluding hydrogens is 282 g/mol. The Morgan fingerprint density at radius 2 is 2.05 bits per heavy atom. The number of anilines is 1. The molecule has 20 heavy (non-hydrogen) atoms. The summed E-state index contributed by atoms with van der Waals surface area (Å²) < 4.78 is 5.48. The number of benzene rings is 1. The molecule has 0 aliphatic heterocycles. The lowest BCUT2D eigenvalue weighted by molar-refractivity contribution is -0.147. The molecule has 1 saturated carbocycles. The van der Waals surface area contributed by atoms with Crippen molar-refractivity contribution >= 4 is 29.2 Å². The third-order valence-electron chi connectivity index (χ3n) is 3.15. The standard InChI is InChI=1S/C14H16ClNO4/c1-8(2)20-11-4-3-9(7-10(11)15)16-12(17)14(5-6-14)13(18)19/h3-4,7-8H,5-6H2,1-2H3,(H,16,17)(H,18,19). The second-order valence-electron chi connectivity index (χ2n) is 5.15. The van der Waals surface area contributed by atoms with Gasteiger partial charge in [-0.25, -0.2) is 0 Å². The summed E-state index contributed by atoms with van der Waals surface area (Å²) in [5.41, 5.74) is -0.803. The van der Waals surface area contributed by atoms with Gasteiger partial charge >= 0.3 is 5.97 Å². The van der Waals surface area contributed by atoms with Crippen LogP contribution < -0.4 is 10.1 Å². The quantitative estimate of drug-likeness (QED) is 0.819. The molecular formula is C14H16ClNO4. The van der Waals surface area contributed by atoms with Crippen LogP contribution >= 0.6 is 11.6 Å². The fraction of sp³-hybridized carbons (Fsp3) is 0.429. The van der Waals surface area contributed by atoms with Crippen molar-refractivity contribution in [3.05, 3.63) is 23.2 Å². The predicted molar refractivity (Wildman–Crippen MR) is 75.1 cm³/mol. The minimum Gasteiger partial charge on any atom is -0.489 e. The van der Waals surface area contributed by atoms with Crippen LogP contribution in [0.3, 0.4) is 0 Å². The molecule has 1 aliphatic rings. The first-order chi connectivity index (χ1) is 9.35. The summed E-state index contributed by atoms with van der Waals surface area (Å²) in [6.45, 7) is 3.77. The van der Waals surface area contributed by atoms with Gasteiger partial charge in [-0.05, 0) is 44.9 Å². The molecule has 0 bridgehead atoms. The molecule has 108 valence electrons. The second-order valence-corrected chi connectivity index (χ2v) is 5.56. The molecule has 1 aromatic rings. The molecule has 0 radical (unpaired) electrons. The van der Waals surface area contributed by atoms with Gasteiger partial charge in [-0.1, -0.05) is 11.6 Å². The first-order valence-electron chi connectivity index (χ1n) is 6.36. The lowest BCUT2D eigenvalue weighted by atomic mass is 10.1. The molecule has 0 saturated heterocycles. The number of carboxylic acid groups (broad SMARTS) is 1. The average Bonchev–Trinajstić information content (AvgIpc) is 3.13. The number of aliphatic carboxylic acids is 1. The summed E-state index contributed by atoms with van der Waals surface area (Å²) in [6, 6.07) is 4.84. The van der Waals surface area contributed by atoms with Crippen LogP contribution in [-0.4, -0.2) is 23.1 Å². The van der Waals surface area contributed by atoms with Crippen LogP contribution in [0.2, 0.25) is 5.02 Å². The Kier molecular flexibility index (Phi) is 3.90. The van der Waals surface area contributed by atoms with Crippen LogP contribution in [0.1, 0.15) is 26.7 Å². The maximum atomic E-state index is 11.9. The van der Waals surface area contributed by atoms with E-state index in [4.69, 9.17) is 21.4 Å². The number of rotatable bonds is 5. The number of nitrogens with one attached hydrogen (secondary N) is 1. The van der Waals surface area contributed by atoms with Crippen molar-refractivity contribution in [2.24, 2.45) is 5.41 Å². The summed E-state index contributed by atoms with van der Waals surface area (Å²) in [4.78, 5) is 23.0. The van der Waals surface area contributed by atoms with Crippen molar-refractivity contribution in [3.8, 4) is 5.75 Å². The Morgan fingerprint density at radius 3 is 2.50 bits per heavy atom. The van der Waals surface area contributed by atoms with Gasteiger partial charge in [0.2, 0.25) is 5.91 Å². The van der Waals surface area contributed by atoms with Gasteiger partial charge in [-0.2, -0.15) is 0 Å². The Labute approximate surface area is 121 Å². The fourth-order valence-corrected chi connectivity index (χ4v) is 2.07. The van der Waals surface area contributed by atoms with Gasteiger partial charge in [0.1, 0.15) is 11.2 Å². The van der Waals surface area contributed by atoms with Crippen molar-refractivity contribution in [1.29, 1.82) is 0 Å². The van der Waals surface area contributed by atoms with Crippen LogP contribution in [0.15, 0.2) is 18.2 Å². The Morgan fingerprint density at radius 1 is 1.40 bits per heavy atom. The number of hydrogen-bond donors (Lipinski definition) is 2. The van der Waals surface area contributed by atoms with E-state index in [9.17, 15) is 9.59 Å². The number of amides is 1. The number of ether oxygens (including phenoxy) is 1. The molecule has 1 aromatic carbocycles. The third kappa shape index (κ3) is 2.88. The summed E-state index contributed by atoms with van der Waals surface area (Å²) in [7, 11) is 0. The summed E-state index contributed by atoms with van der Waals surface area (Å²) in [5, 5.41) is 12.0. The summed E-state index contributed by atoms with van der Waals surface area (Å²) in [6.07, 6.45) is 0.738. The first kappa shape index (κ1) is 14.7. The van der Waals surface area contributed by atoms with Crippen molar-refractivity contribution < 1.29 is 19.4 Å². The van der Waals surface area contributed by atoms with Crippen LogP contribution in [0.25, 0.3) is 0 Å². The molecule has 1 fully saturated rings. The summed E-state index contributed by atoms with van der Waals surface area (Å²) >= 11 is 6.06. The molecule has 0 heterocycles. The van der Waals surface area contributed by atoms with Crippen molar-refractivity contribution in [3.63, 3.8) is 0 Å². The minimum atomic E-state index is -1.26. The molecule has 0 aromatic heterocycles. The molecule has 5 nitrogen and oxygen atoms in total. The normalized spacial score (nSPS) is 15.8. The van der Waals surface area contributed by atoms with E-state index in [1.165, 1.54) is 0 Å². The van der Waals surface area contributed by atoms with E-state index < -0.39 is 17.3 Å². The Balaban J connectivity index is 2.09. The van der Waals surface area contributed by atoms with Gasteiger partial charge in [0.15, 0.2) is 0 Å².